The molecule has 0 heterocycles. The van der Waals surface area contributed by atoms with E-state index < -0.39 is 0 Å². The molecule has 0 fully saturated rings. The van der Waals surface area contributed by atoms with Gasteiger partial charge >= 0.3 is 5.97 Å². The predicted octanol–water partition coefficient (Wildman–Crippen LogP) is 3.72. The van der Waals surface area contributed by atoms with Crippen molar-refractivity contribution in [1.82, 2.24) is 0 Å². The summed E-state index contributed by atoms with van der Waals surface area (Å²) in [5.41, 5.74) is 0. The lowest BCUT2D eigenvalue weighted by Crippen LogP contribution is -2.04. The molecule has 0 saturated carbocycles. The van der Waals surface area contributed by atoms with E-state index in [-0.39, 0.29) is 5.97 Å². The second kappa shape index (κ2) is 6.78. The van der Waals surface area contributed by atoms with Gasteiger partial charge in [-0.1, -0.05) is 36.4 Å². The highest BCUT2D eigenvalue weighted by Crippen LogP contribution is 2.25. The van der Waals surface area contributed by atoms with Crippen LogP contribution >= 0.6 is 0 Å². The Morgan fingerprint density at radius 3 is 2.79 bits per heavy atom. The van der Waals surface area contributed by atoms with Crippen molar-refractivity contribution in [3.05, 3.63) is 49.1 Å². The van der Waals surface area contributed by atoms with Gasteiger partial charge < -0.3 is 9.47 Å². The Kier molecular flexibility index (Phi) is 4.78. The molecule has 0 amide bonds. The Balaban J connectivity index is 1.90. The summed E-state index contributed by atoms with van der Waals surface area (Å²) < 4.78 is 10.5. The molecule has 2 aromatic rings. The summed E-state index contributed by atoms with van der Waals surface area (Å²) in [5.74, 6) is 0.613. The van der Waals surface area contributed by atoms with Gasteiger partial charge in [0.1, 0.15) is 12.4 Å². The minimum atomic E-state index is -0.194. The Morgan fingerprint density at radius 1 is 1.16 bits per heavy atom. The molecule has 0 atom stereocenters. The fourth-order valence-corrected chi connectivity index (χ4v) is 1.86. The minimum absolute atomic E-state index is 0.194. The Bertz CT molecular complexity index is 543. The van der Waals surface area contributed by atoms with Crippen LogP contribution in [-0.2, 0) is 9.53 Å². The van der Waals surface area contributed by atoms with Crippen LogP contribution in [0, 0.1) is 6.61 Å². The van der Waals surface area contributed by atoms with Crippen molar-refractivity contribution < 1.29 is 14.3 Å². The molecule has 19 heavy (non-hydrogen) atoms. The van der Waals surface area contributed by atoms with Gasteiger partial charge in [-0.3, -0.25) is 4.79 Å². The van der Waals surface area contributed by atoms with Crippen LogP contribution in [-0.4, -0.2) is 12.6 Å². The first-order chi connectivity index (χ1) is 9.31. The van der Waals surface area contributed by atoms with E-state index >= 15 is 0 Å². The average molecular weight is 257 g/mol. The van der Waals surface area contributed by atoms with Crippen LogP contribution in [0.15, 0.2) is 42.5 Å². The fourth-order valence-electron chi connectivity index (χ4n) is 1.86. The lowest BCUT2D eigenvalue weighted by atomic mass is 10.1. The maximum atomic E-state index is 11.2. The van der Waals surface area contributed by atoms with Gasteiger partial charge in [0, 0.05) is 11.8 Å². The molecule has 0 aromatic heterocycles. The van der Waals surface area contributed by atoms with Crippen LogP contribution in [0.25, 0.3) is 10.8 Å². The monoisotopic (exact) mass is 257 g/mol. The van der Waals surface area contributed by atoms with E-state index in [0.29, 0.717) is 19.4 Å². The quantitative estimate of drug-likeness (QED) is 0.584. The molecule has 0 unspecified atom stereocenters. The van der Waals surface area contributed by atoms with E-state index in [0.717, 1.165) is 16.5 Å². The molecule has 0 N–H and O–H groups in total. The summed E-state index contributed by atoms with van der Waals surface area (Å²) in [5, 5.41) is 2.20. The number of hydrogen-bond donors (Lipinski definition) is 0. The Morgan fingerprint density at radius 2 is 1.95 bits per heavy atom. The molecule has 3 heteroatoms. The zero-order valence-electron chi connectivity index (χ0n) is 11.0. The smallest absolute Gasteiger partial charge is 0.305 e. The zero-order valence-corrected chi connectivity index (χ0v) is 11.0. The van der Waals surface area contributed by atoms with E-state index in [4.69, 9.17) is 9.47 Å². The van der Waals surface area contributed by atoms with Crippen LogP contribution < -0.4 is 4.74 Å². The van der Waals surface area contributed by atoms with Crippen molar-refractivity contribution in [2.45, 2.75) is 19.8 Å². The van der Waals surface area contributed by atoms with Crippen molar-refractivity contribution >= 4 is 16.7 Å². The molecule has 3 nitrogen and oxygen atoms in total. The molecular weight excluding hydrogens is 240 g/mol. The second-order valence-electron chi connectivity index (χ2n) is 4.11. The maximum Gasteiger partial charge on any atom is 0.305 e. The SMILES string of the molecule is CCOC(=O)CC[CH]Oc1cccc2ccccc12. The zero-order chi connectivity index (χ0) is 13.5. The largest absolute Gasteiger partial charge is 0.486 e. The molecule has 0 spiro atoms. The summed E-state index contributed by atoms with van der Waals surface area (Å²) in [7, 11) is 0. The van der Waals surface area contributed by atoms with Crippen LogP contribution in [0.5, 0.6) is 5.75 Å². The third-order valence-corrected chi connectivity index (χ3v) is 2.73. The van der Waals surface area contributed by atoms with Crippen molar-refractivity contribution in [2.24, 2.45) is 0 Å². The lowest BCUT2D eigenvalue weighted by Gasteiger charge is -2.08. The molecule has 0 saturated heterocycles. The first kappa shape index (κ1) is 13.4. The standard InChI is InChI=1S/C16H17O3/c1-2-18-16(17)11-6-12-19-15-10-5-8-13-7-3-4-9-14(13)15/h3-5,7-10,12H,2,6,11H2,1H3. The number of hydrogen-bond acceptors (Lipinski definition) is 3. The van der Waals surface area contributed by atoms with Crippen LogP contribution in [0.3, 0.4) is 0 Å². The summed E-state index contributed by atoms with van der Waals surface area (Å²) in [4.78, 5) is 11.2. The summed E-state index contributed by atoms with van der Waals surface area (Å²) in [6.45, 7) is 3.87. The number of ether oxygens (including phenoxy) is 2. The van der Waals surface area contributed by atoms with Crippen LogP contribution in [0.1, 0.15) is 19.8 Å². The Hall–Kier alpha value is -2.03. The summed E-state index contributed by atoms with van der Waals surface area (Å²) in [6.07, 6.45) is 0.890. The predicted molar refractivity (Wildman–Crippen MR) is 74.7 cm³/mol. The number of carbonyl (C=O) groups is 1. The van der Waals surface area contributed by atoms with E-state index in [2.05, 4.69) is 0 Å². The third kappa shape index (κ3) is 3.71. The highest BCUT2D eigenvalue weighted by atomic mass is 16.5. The van der Waals surface area contributed by atoms with Gasteiger partial charge in [-0.05, 0) is 24.8 Å². The average Bonchev–Trinajstić information content (AvgIpc) is 2.44. The molecular formula is C16H17O3. The van der Waals surface area contributed by atoms with E-state index in [1.54, 1.807) is 13.5 Å². The van der Waals surface area contributed by atoms with Gasteiger partial charge in [0.2, 0.25) is 0 Å². The highest BCUT2D eigenvalue weighted by Gasteiger charge is 2.04. The topological polar surface area (TPSA) is 35.5 Å². The lowest BCUT2D eigenvalue weighted by molar-refractivity contribution is -0.143. The molecule has 2 rings (SSSR count). The second-order valence-corrected chi connectivity index (χ2v) is 4.11. The number of carbonyl (C=O) groups excluding carboxylic acids is 1. The first-order valence-corrected chi connectivity index (χ1v) is 6.43. The number of benzene rings is 2. The van der Waals surface area contributed by atoms with Gasteiger partial charge in [-0.15, -0.1) is 0 Å². The van der Waals surface area contributed by atoms with Gasteiger partial charge in [0.15, 0.2) is 0 Å². The Labute approximate surface area is 113 Å². The maximum absolute atomic E-state index is 11.2. The number of rotatable bonds is 6. The fraction of sp³-hybridized carbons (Fsp3) is 0.250. The van der Waals surface area contributed by atoms with E-state index in [9.17, 15) is 4.79 Å². The van der Waals surface area contributed by atoms with Crippen molar-refractivity contribution in [3.8, 4) is 5.75 Å². The summed E-state index contributed by atoms with van der Waals surface area (Å²) >= 11 is 0. The molecule has 0 aliphatic rings. The molecule has 2 aromatic carbocycles. The number of esters is 1. The number of fused-ring (bicyclic) bond motifs is 1. The normalized spacial score (nSPS) is 10.4. The summed E-state index contributed by atoms with van der Waals surface area (Å²) in [6, 6.07) is 14.0. The van der Waals surface area contributed by atoms with Crippen LogP contribution in [0.2, 0.25) is 0 Å². The molecule has 0 aliphatic heterocycles. The van der Waals surface area contributed by atoms with Gasteiger partial charge in [-0.2, -0.15) is 0 Å². The van der Waals surface area contributed by atoms with Crippen molar-refractivity contribution in [1.29, 1.82) is 0 Å². The third-order valence-electron chi connectivity index (χ3n) is 2.73. The molecule has 99 valence electrons. The highest BCUT2D eigenvalue weighted by molar-refractivity contribution is 5.88. The first-order valence-electron chi connectivity index (χ1n) is 6.43. The minimum Gasteiger partial charge on any atom is -0.486 e. The van der Waals surface area contributed by atoms with E-state index in [1.807, 2.05) is 42.5 Å². The van der Waals surface area contributed by atoms with Crippen molar-refractivity contribution in [2.75, 3.05) is 6.61 Å². The molecule has 1 radical (unpaired) electrons. The molecule has 0 aliphatic carbocycles. The van der Waals surface area contributed by atoms with Crippen molar-refractivity contribution in [3.63, 3.8) is 0 Å². The van der Waals surface area contributed by atoms with Gasteiger partial charge in [0.05, 0.1) is 6.61 Å². The van der Waals surface area contributed by atoms with Crippen LogP contribution in [0.4, 0.5) is 0 Å². The molecule has 0 bridgehead atoms. The van der Waals surface area contributed by atoms with Gasteiger partial charge in [-0.25, -0.2) is 0 Å². The van der Waals surface area contributed by atoms with Gasteiger partial charge in [0.25, 0.3) is 0 Å². The van der Waals surface area contributed by atoms with E-state index in [1.165, 1.54) is 0 Å².